The van der Waals surface area contributed by atoms with Crippen LogP contribution in [0.1, 0.15) is 26.7 Å². The van der Waals surface area contributed by atoms with Gasteiger partial charge in [-0.05, 0) is 17.8 Å². The molecular weight excluding hydrogens is 194 g/mol. The van der Waals surface area contributed by atoms with E-state index in [4.69, 9.17) is 5.11 Å². The first kappa shape index (κ1) is 10.5. The second kappa shape index (κ2) is 3.22. The molecule has 2 fully saturated rings. The SMILES string of the molecule is CC1(C)CC1CN1CC(C(=O)O)CC1=O. The first-order valence-corrected chi connectivity index (χ1v) is 5.41. The molecule has 2 aliphatic rings. The lowest BCUT2D eigenvalue weighted by molar-refractivity contribution is -0.141. The van der Waals surface area contributed by atoms with E-state index in [1.807, 2.05) is 0 Å². The average molecular weight is 211 g/mol. The molecule has 0 radical (unpaired) electrons. The Bertz CT molecular complexity index is 311. The maximum atomic E-state index is 11.5. The molecule has 0 spiro atoms. The van der Waals surface area contributed by atoms with Crippen molar-refractivity contribution in [2.75, 3.05) is 13.1 Å². The second-order valence-electron chi connectivity index (χ2n) is 5.43. The highest BCUT2D eigenvalue weighted by atomic mass is 16.4. The molecule has 4 heteroatoms. The fourth-order valence-corrected chi connectivity index (χ4v) is 2.27. The minimum atomic E-state index is -0.846. The summed E-state index contributed by atoms with van der Waals surface area (Å²) in [5.41, 5.74) is 0.349. The lowest BCUT2D eigenvalue weighted by Crippen LogP contribution is -2.29. The molecule has 0 aromatic carbocycles. The summed E-state index contributed by atoms with van der Waals surface area (Å²) in [7, 11) is 0. The highest BCUT2D eigenvalue weighted by Gasteiger charge is 2.48. The summed E-state index contributed by atoms with van der Waals surface area (Å²) in [6, 6.07) is 0. The van der Waals surface area contributed by atoms with Crippen molar-refractivity contribution in [1.82, 2.24) is 4.90 Å². The number of hydrogen-bond acceptors (Lipinski definition) is 2. The number of hydrogen-bond donors (Lipinski definition) is 1. The van der Waals surface area contributed by atoms with Crippen molar-refractivity contribution in [2.24, 2.45) is 17.3 Å². The van der Waals surface area contributed by atoms with Crippen molar-refractivity contribution in [2.45, 2.75) is 26.7 Å². The number of carbonyl (C=O) groups excluding carboxylic acids is 1. The Balaban J connectivity index is 1.89. The molecule has 0 bridgehead atoms. The van der Waals surface area contributed by atoms with Gasteiger partial charge in [0.15, 0.2) is 0 Å². The molecule has 15 heavy (non-hydrogen) atoms. The third kappa shape index (κ3) is 1.98. The smallest absolute Gasteiger partial charge is 0.308 e. The van der Waals surface area contributed by atoms with Crippen LogP contribution in [-0.4, -0.2) is 35.0 Å². The van der Waals surface area contributed by atoms with E-state index in [0.717, 1.165) is 13.0 Å². The summed E-state index contributed by atoms with van der Waals surface area (Å²) < 4.78 is 0. The average Bonchev–Trinajstić information content (AvgIpc) is 2.54. The van der Waals surface area contributed by atoms with E-state index in [1.165, 1.54) is 0 Å². The molecular formula is C11H17NO3. The van der Waals surface area contributed by atoms with Crippen LogP contribution in [0.25, 0.3) is 0 Å². The number of aliphatic carboxylic acids is 1. The minimum absolute atomic E-state index is 0.00472. The standard InChI is InChI=1S/C11H17NO3/c1-11(2)4-8(11)6-12-5-7(10(14)15)3-9(12)13/h7-8H,3-6H2,1-2H3,(H,14,15). The number of nitrogens with zero attached hydrogens (tertiary/aromatic N) is 1. The van der Waals surface area contributed by atoms with E-state index in [0.29, 0.717) is 17.9 Å². The van der Waals surface area contributed by atoms with Gasteiger partial charge in [-0.3, -0.25) is 9.59 Å². The predicted octanol–water partition coefficient (Wildman–Crippen LogP) is 0.966. The molecule has 0 aromatic heterocycles. The van der Waals surface area contributed by atoms with Crippen molar-refractivity contribution in [3.8, 4) is 0 Å². The summed E-state index contributed by atoms with van der Waals surface area (Å²) in [4.78, 5) is 24.0. The van der Waals surface area contributed by atoms with Gasteiger partial charge in [-0.1, -0.05) is 13.8 Å². The van der Waals surface area contributed by atoms with Gasteiger partial charge in [0, 0.05) is 19.5 Å². The normalized spacial score (nSPS) is 33.2. The molecule has 2 rings (SSSR count). The van der Waals surface area contributed by atoms with E-state index >= 15 is 0 Å². The van der Waals surface area contributed by atoms with Crippen molar-refractivity contribution >= 4 is 11.9 Å². The summed E-state index contributed by atoms with van der Waals surface area (Å²) in [5.74, 6) is -0.764. The molecule has 1 amide bonds. The van der Waals surface area contributed by atoms with Crippen LogP contribution in [0.4, 0.5) is 0 Å². The van der Waals surface area contributed by atoms with Crippen LogP contribution in [-0.2, 0) is 9.59 Å². The molecule has 1 aliphatic heterocycles. The molecule has 0 aromatic rings. The number of carboxylic acid groups (broad SMARTS) is 1. The number of likely N-dealkylation sites (tertiary alicyclic amines) is 1. The lowest BCUT2D eigenvalue weighted by Gasteiger charge is -2.16. The largest absolute Gasteiger partial charge is 0.481 e. The second-order valence-corrected chi connectivity index (χ2v) is 5.43. The Morgan fingerprint density at radius 2 is 2.20 bits per heavy atom. The van der Waals surface area contributed by atoms with Crippen LogP contribution in [0, 0.1) is 17.3 Å². The third-order valence-corrected chi connectivity index (χ3v) is 3.72. The molecule has 4 nitrogen and oxygen atoms in total. The van der Waals surface area contributed by atoms with Crippen molar-refractivity contribution in [3.05, 3.63) is 0 Å². The van der Waals surface area contributed by atoms with Gasteiger partial charge in [-0.2, -0.15) is 0 Å². The molecule has 2 atom stereocenters. The summed E-state index contributed by atoms with van der Waals surface area (Å²) >= 11 is 0. The molecule has 1 saturated heterocycles. The van der Waals surface area contributed by atoms with E-state index < -0.39 is 11.9 Å². The van der Waals surface area contributed by atoms with E-state index in [2.05, 4.69) is 13.8 Å². The van der Waals surface area contributed by atoms with Gasteiger partial charge in [0.1, 0.15) is 0 Å². The third-order valence-electron chi connectivity index (χ3n) is 3.72. The van der Waals surface area contributed by atoms with Gasteiger partial charge in [-0.25, -0.2) is 0 Å². The zero-order valence-corrected chi connectivity index (χ0v) is 9.19. The van der Waals surface area contributed by atoms with E-state index in [9.17, 15) is 9.59 Å². The monoisotopic (exact) mass is 211 g/mol. The summed E-state index contributed by atoms with van der Waals surface area (Å²) in [6.45, 7) is 5.52. The maximum Gasteiger partial charge on any atom is 0.308 e. The van der Waals surface area contributed by atoms with E-state index in [-0.39, 0.29) is 12.3 Å². The van der Waals surface area contributed by atoms with Crippen molar-refractivity contribution < 1.29 is 14.7 Å². The molecule has 84 valence electrons. The number of amides is 1. The minimum Gasteiger partial charge on any atom is -0.481 e. The fourth-order valence-electron chi connectivity index (χ4n) is 2.27. The highest BCUT2D eigenvalue weighted by Crippen LogP contribution is 2.52. The Hall–Kier alpha value is -1.06. The molecule has 1 N–H and O–H groups in total. The topological polar surface area (TPSA) is 57.6 Å². The lowest BCUT2D eigenvalue weighted by atomic mass is 10.1. The first-order valence-electron chi connectivity index (χ1n) is 5.41. The van der Waals surface area contributed by atoms with Gasteiger partial charge in [0.05, 0.1) is 5.92 Å². The van der Waals surface area contributed by atoms with Gasteiger partial charge in [0.25, 0.3) is 0 Å². The number of carbonyl (C=O) groups is 2. The van der Waals surface area contributed by atoms with Crippen LogP contribution in [0.15, 0.2) is 0 Å². The Morgan fingerprint density at radius 1 is 1.60 bits per heavy atom. The molecule has 1 aliphatic carbocycles. The highest BCUT2D eigenvalue weighted by molar-refractivity contribution is 5.86. The fraction of sp³-hybridized carbons (Fsp3) is 0.818. The quantitative estimate of drug-likeness (QED) is 0.756. The van der Waals surface area contributed by atoms with Crippen molar-refractivity contribution in [1.29, 1.82) is 0 Å². The van der Waals surface area contributed by atoms with Gasteiger partial charge >= 0.3 is 5.97 Å². The van der Waals surface area contributed by atoms with Crippen LogP contribution in [0.3, 0.4) is 0 Å². The first-order chi connectivity index (χ1) is 6.90. The Kier molecular flexibility index (Phi) is 2.24. The summed E-state index contributed by atoms with van der Waals surface area (Å²) in [6.07, 6.45) is 1.33. The van der Waals surface area contributed by atoms with Crippen LogP contribution < -0.4 is 0 Å². The zero-order chi connectivity index (χ0) is 11.2. The molecule has 1 heterocycles. The maximum absolute atomic E-state index is 11.5. The van der Waals surface area contributed by atoms with Gasteiger partial charge in [0.2, 0.25) is 5.91 Å². The van der Waals surface area contributed by atoms with Gasteiger partial charge < -0.3 is 10.0 Å². The zero-order valence-electron chi connectivity index (χ0n) is 9.19. The summed E-state index contributed by atoms with van der Waals surface area (Å²) in [5, 5.41) is 8.82. The molecule has 1 saturated carbocycles. The number of carboxylic acids is 1. The van der Waals surface area contributed by atoms with E-state index in [1.54, 1.807) is 4.90 Å². The van der Waals surface area contributed by atoms with Crippen LogP contribution >= 0.6 is 0 Å². The predicted molar refractivity (Wildman–Crippen MR) is 54.2 cm³/mol. The number of rotatable bonds is 3. The van der Waals surface area contributed by atoms with Crippen molar-refractivity contribution in [3.63, 3.8) is 0 Å². The van der Waals surface area contributed by atoms with Gasteiger partial charge in [-0.15, -0.1) is 0 Å². The molecule has 2 unspecified atom stereocenters. The Labute approximate surface area is 89.3 Å². The van der Waals surface area contributed by atoms with Crippen LogP contribution in [0.5, 0.6) is 0 Å². The Morgan fingerprint density at radius 3 is 2.60 bits per heavy atom. The van der Waals surface area contributed by atoms with Crippen LogP contribution in [0.2, 0.25) is 0 Å².